The summed E-state index contributed by atoms with van der Waals surface area (Å²) >= 11 is 0. The molecule has 0 N–H and O–H groups in total. The van der Waals surface area contributed by atoms with Gasteiger partial charge in [0.1, 0.15) is 11.6 Å². The van der Waals surface area contributed by atoms with Crippen LogP contribution in [0.15, 0.2) is 61.1 Å². The van der Waals surface area contributed by atoms with Gasteiger partial charge in [-0.25, -0.2) is 33.4 Å². The predicted octanol–water partition coefficient (Wildman–Crippen LogP) is 4.00. The molecule has 0 aliphatic carbocycles. The lowest BCUT2D eigenvalue weighted by molar-refractivity contribution is 0.280. The summed E-state index contributed by atoms with van der Waals surface area (Å²) in [5.74, 6) is -0.0210. The van der Waals surface area contributed by atoms with Crippen molar-refractivity contribution in [2.24, 2.45) is 0 Å². The van der Waals surface area contributed by atoms with Crippen molar-refractivity contribution in [2.75, 3.05) is 27.2 Å². The van der Waals surface area contributed by atoms with Gasteiger partial charge in [0.25, 0.3) is 0 Å². The molecule has 0 aliphatic rings. The van der Waals surface area contributed by atoms with Gasteiger partial charge in [0.2, 0.25) is 0 Å². The first-order valence-corrected chi connectivity index (χ1v) is 11.7. The molecular weight excluding hydrogens is 478 g/mol. The van der Waals surface area contributed by atoms with E-state index in [1.54, 1.807) is 17.1 Å². The third-order valence-electron chi connectivity index (χ3n) is 5.54. The van der Waals surface area contributed by atoms with Crippen molar-refractivity contribution in [3.63, 3.8) is 0 Å². The lowest BCUT2D eigenvalue weighted by atomic mass is 10.1. The van der Waals surface area contributed by atoms with E-state index in [-0.39, 0.29) is 11.4 Å². The molecule has 0 saturated carbocycles. The molecule has 188 valence electrons. The van der Waals surface area contributed by atoms with Crippen molar-refractivity contribution in [1.29, 1.82) is 0 Å². The highest BCUT2D eigenvalue weighted by Crippen LogP contribution is 2.22. The lowest BCUT2D eigenvalue weighted by Gasteiger charge is -2.10. The minimum absolute atomic E-state index is 0.181. The van der Waals surface area contributed by atoms with Crippen LogP contribution in [0, 0.1) is 11.6 Å². The SMILES string of the molecule is CN(C)CCCOc1cnc(-c2cccc(Cn3nnc4cnc(-c5cc(F)cc(F)c5)nc43)c2)nc1. The van der Waals surface area contributed by atoms with Crippen molar-refractivity contribution in [3.8, 4) is 28.5 Å². The van der Waals surface area contributed by atoms with Crippen LogP contribution in [-0.4, -0.2) is 67.1 Å². The smallest absolute Gasteiger partial charge is 0.182 e. The minimum Gasteiger partial charge on any atom is -0.490 e. The van der Waals surface area contributed by atoms with E-state index in [0.29, 0.717) is 35.9 Å². The van der Waals surface area contributed by atoms with Gasteiger partial charge in [-0.2, -0.15) is 0 Å². The Morgan fingerprint density at radius 3 is 2.41 bits per heavy atom. The van der Waals surface area contributed by atoms with E-state index in [1.165, 1.54) is 18.3 Å². The van der Waals surface area contributed by atoms with Crippen LogP contribution >= 0.6 is 0 Å². The molecule has 0 bridgehead atoms. The maximum Gasteiger partial charge on any atom is 0.182 e. The van der Waals surface area contributed by atoms with Gasteiger partial charge in [0.05, 0.1) is 31.7 Å². The summed E-state index contributed by atoms with van der Waals surface area (Å²) in [5.41, 5.74) is 2.92. The summed E-state index contributed by atoms with van der Waals surface area (Å²) in [7, 11) is 4.05. The quantitative estimate of drug-likeness (QED) is 0.279. The van der Waals surface area contributed by atoms with Gasteiger partial charge >= 0.3 is 0 Å². The molecule has 0 radical (unpaired) electrons. The van der Waals surface area contributed by atoms with Crippen molar-refractivity contribution in [3.05, 3.63) is 78.3 Å². The number of halogens is 2. The molecule has 0 atom stereocenters. The van der Waals surface area contributed by atoms with Crippen LogP contribution in [0.1, 0.15) is 12.0 Å². The number of benzene rings is 2. The van der Waals surface area contributed by atoms with Gasteiger partial charge in [0, 0.05) is 23.7 Å². The van der Waals surface area contributed by atoms with Crippen LogP contribution < -0.4 is 4.74 Å². The standard InChI is InChI=1S/C26H24F2N8O/c1-35(2)7-4-8-37-22-13-29-24(30-14-22)18-6-3-5-17(9-18)16-36-26-23(33-34-36)15-31-25(32-26)19-10-20(27)12-21(28)11-19/h3,5-6,9-15H,4,7-8,16H2,1-2H3. The van der Waals surface area contributed by atoms with Crippen LogP contribution in [0.3, 0.4) is 0 Å². The molecule has 9 nitrogen and oxygen atoms in total. The second-order valence-corrected chi connectivity index (χ2v) is 8.76. The van der Waals surface area contributed by atoms with E-state index in [9.17, 15) is 8.78 Å². The monoisotopic (exact) mass is 502 g/mol. The zero-order valence-corrected chi connectivity index (χ0v) is 20.3. The highest BCUT2D eigenvalue weighted by molar-refractivity contribution is 5.72. The summed E-state index contributed by atoms with van der Waals surface area (Å²) in [6, 6.07) is 10.9. The van der Waals surface area contributed by atoms with E-state index >= 15 is 0 Å². The van der Waals surface area contributed by atoms with E-state index in [4.69, 9.17) is 4.74 Å². The maximum atomic E-state index is 13.7. The molecule has 5 rings (SSSR count). The molecule has 0 aliphatic heterocycles. The Labute approximate surface area is 211 Å². The summed E-state index contributed by atoms with van der Waals surface area (Å²) in [6.45, 7) is 1.91. The van der Waals surface area contributed by atoms with E-state index < -0.39 is 11.6 Å². The van der Waals surface area contributed by atoms with Crippen LogP contribution in [0.25, 0.3) is 33.9 Å². The highest BCUT2D eigenvalue weighted by atomic mass is 19.1. The first-order valence-electron chi connectivity index (χ1n) is 11.7. The summed E-state index contributed by atoms with van der Waals surface area (Å²) in [6.07, 6.45) is 5.74. The van der Waals surface area contributed by atoms with Crippen LogP contribution in [0.2, 0.25) is 0 Å². The topological polar surface area (TPSA) is 94.7 Å². The number of aromatic nitrogens is 7. The largest absolute Gasteiger partial charge is 0.490 e. The number of nitrogens with zero attached hydrogens (tertiary/aromatic N) is 8. The van der Waals surface area contributed by atoms with Gasteiger partial charge in [-0.3, -0.25) is 0 Å². The number of fused-ring (bicyclic) bond motifs is 1. The fourth-order valence-electron chi connectivity index (χ4n) is 3.79. The van der Waals surface area contributed by atoms with Gasteiger partial charge in [-0.05, 0) is 44.3 Å². The Balaban J connectivity index is 1.33. The Bertz CT molecular complexity index is 1500. The van der Waals surface area contributed by atoms with Gasteiger partial charge < -0.3 is 9.64 Å². The second-order valence-electron chi connectivity index (χ2n) is 8.76. The average molecular weight is 503 g/mol. The zero-order valence-electron chi connectivity index (χ0n) is 20.3. The maximum absolute atomic E-state index is 13.7. The molecule has 11 heteroatoms. The number of rotatable bonds is 9. The van der Waals surface area contributed by atoms with Gasteiger partial charge in [-0.1, -0.05) is 23.4 Å². The fourth-order valence-corrected chi connectivity index (χ4v) is 3.79. The summed E-state index contributed by atoms with van der Waals surface area (Å²) in [5, 5.41) is 8.30. The van der Waals surface area contributed by atoms with Crippen molar-refractivity contribution >= 4 is 11.2 Å². The molecule has 2 aromatic carbocycles. The second kappa shape index (κ2) is 10.7. The first kappa shape index (κ1) is 24.3. The minimum atomic E-state index is -0.701. The molecule has 0 unspecified atom stereocenters. The van der Waals surface area contributed by atoms with Gasteiger partial charge in [0.15, 0.2) is 28.6 Å². The molecule has 0 amide bonds. The molecule has 37 heavy (non-hydrogen) atoms. The first-order chi connectivity index (χ1) is 17.9. The van der Waals surface area contributed by atoms with Crippen molar-refractivity contribution < 1.29 is 13.5 Å². The summed E-state index contributed by atoms with van der Waals surface area (Å²) < 4.78 is 34.7. The molecule has 3 heterocycles. The molecule has 0 saturated heterocycles. The third kappa shape index (κ3) is 5.89. The van der Waals surface area contributed by atoms with Crippen LogP contribution in [0.4, 0.5) is 8.78 Å². The molecular formula is C26H24F2N8O. The van der Waals surface area contributed by atoms with E-state index in [2.05, 4.69) is 35.1 Å². The van der Waals surface area contributed by atoms with Crippen LogP contribution in [-0.2, 0) is 6.54 Å². The van der Waals surface area contributed by atoms with Gasteiger partial charge in [-0.15, -0.1) is 5.10 Å². The normalized spacial score (nSPS) is 11.4. The van der Waals surface area contributed by atoms with E-state index in [1.807, 2.05) is 38.4 Å². The molecule has 3 aromatic heterocycles. The Kier molecular flexibility index (Phi) is 7.04. The average Bonchev–Trinajstić information content (AvgIpc) is 3.28. The van der Waals surface area contributed by atoms with E-state index in [0.717, 1.165) is 30.2 Å². The number of hydrogen-bond acceptors (Lipinski definition) is 8. The predicted molar refractivity (Wildman–Crippen MR) is 134 cm³/mol. The Hall–Kier alpha value is -4.38. The molecule has 0 spiro atoms. The lowest BCUT2D eigenvalue weighted by Crippen LogP contribution is -2.15. The number of ether oxygens (including phenoxy) is 1. The van der Waals surface area contributed by atoms with Crippen molar-refractivity contribution in [1.82, 2.24) is 39.8 Å². The third-order valence-corrected chi connectivity index (χ3v) is 5.54. The number of hydrogen-bond donors (Lipinski definition) is 0. The zero-order chi connectivity index (χ0) is 25.8. The molecule has 0 fully saturated rings. The Morgan fingerprint density at radius 2 is 1.65 bits per heavy atom. The Morgan fingerprint density at radius 1 is 0.892 bits per heavy atom. The fraction of sp³-hybridized carbons (Fsp3) is 0.231. The summed E-state index contributed by atoms with van der Waals surface area (Å²) in [4.78, 5) is 19.6. The van der Waals surface area contributed by atoms with Crippen LogP contribution in [0.5, 0.6) is 5.75 Å². The van der Waals surface area contributed by atoms with Crippen molar-refractivity contribution in [2.45, 2.75) is 13.0 Å². The highest BCUT2D eigenvalue weighted by Gasteiger charge is 2.13. The molecule has 5 aromatic rings.